The summed E-state index contributed by atoms with van der Waals surface area (Å²) < 4.78 is 8.33. The minimum absolute atomic E-state index is 0.181. The fraction of sp³-hybridized carbons (Fsp3) is 0.455. The quantitative estimate of drug-likeness (QED) is 0.548. The SMILES string of the molecule is CCC12CCC(c3nnc4c(Oc5cccc(Cl)c5C)cccn34)(CC1)C2. The highest BCUT2D eigenvalue weighted by molar-refractivity contribution is 6.31. The highest BCUT2D eigenvalue weighted by atomic mass is 35.5. The van der Waals surface area contributed by atoms with E-state index in [-0.39, 0.29) is 5.41 Å². The Morgan fingerprint density at radius 1 is 1.07 bits per heavy atom. The van der Waals surface area contributed by atoms with Crippen molar-refractivity contribution in [1.82, 2.24) is 14.6 Å². The van der Waals surface area contributed by atoms with Crippen LogP contribution in [0.2, 0.25) is 5.02 Å². The third kappa shape index (κ3) is 2.49. The molecule has 0 amide bonds. The average molecular weight is 382 g/mol. The summed E-state index contributed by atoms with van der Waals surface area (Å²) >= 11 is 6.24. The Labute approximate surface area is 164 Å². The molecule has 0 unspecified atom stereocenters. The summed E-state index contributed by atoms with van der Waals surface area (Å²) in [6.45, 7) is 4.30. The molecule has 0 atom stereocenters. The van der Waals surface area contributed by atoms with Crippen LogP contribution in [-0.4, -0.2) is 14.6 Å². The third-order valence-electron chi connectivity index (χ3n) is 7.04. The summed E-state index contributed by atoms with van der Waals surface area (Å²) in [6.07, 6.45) is 9.66. The van der Waals surface area contributed by atoms with E-state index in [4.69, 9.17) is 16.3 Å². The lowest BCUT2D eigenvalue weighted by molar-refractivity contribution is 0.281. The molecule has 27 heavy (non-hydrogen) atoms. The van der Waals surface area contributed by atoms with Crippen LogP contribution in [0, 0.1) is 12.3 Å². The number of ether oxygens (including phenoxy) is 1. The number of rotatable bonds is 4. The second-order valence-electron chi connectivity index (χ2n) is 8.37. The van der Waals surface area contributed by atoms with E-state index in [1.54, 1.807) is 0 Å². The van der Waals surface area contributed by atoms with Crippen LogP contribution in [0.3, 0.4) is 0 Å². The number of benzene rings is 1. The van der Waals surface area contributed by atoms with E-state index in [1.165, 1.54) is 38.5 Å². The Morgan fingerprint density at radius 3 is 2.59 bits per heavy atom. The number of hydrogen-bond donors (Lipinski definition) is 0. The van der Waals surface area contributed by atoms with Crippen LogP contribution in [0.15, 0.2) is 36.5 Å². The van der Waals surface area contributed by atoms with Gasteiger partial charge in [0.15, 0.2) is 5.75 Å². The zero-order valence-electron chi connectivity index (χ0n) is 15.8. The van der Waals surface area contributed by atoms with Gasteiger partial charge in [-0.25, -0.2) is 0 Å². The van der Waals surface area contributed by atoms with Gasteiger partial charge >= 0.3 is 0 Å². The van der Waals surface area contributed by atoms with Crippen LogP contribution < -0.4 is 4.74 Å². The highest BCUT2D eigenvalue weighted by Gasteiger charge is 2.55. The molecule has 3 aromatic rings. The van der Waals surface area contributed by atoms with Crippen molar-refractivity contribution in [3.8, 4) is 11.5 Å². The van der Waals surface area contributed by atoms with Gasteiger partial charge in [0.1, 0.15) is 11.6 Å². The fourth-order valence-corrected chi connectivity index (χ4v) is 5.43. The molecule has 0 saturated heterocycles. The maximum absolute atomic E-state index is 6.24. The van der Waals surface area contributed by atoms with Crippen molar-refractivity contribution >= 4 is 17.2 Å². The van der Waals surface area contributed by atoms with Crippen LogP contribution >= 0.6 is 11.6 Å². The van der Waals surface area contributed by atoms with Gasteiger partial charge in [-0.15, -0.1) is 10.2 Å². The molecule has 2 bridgehead atoms. The molecule has 0 radical (unpaired) electrons. The molecule has 2 saturated carbocycles. The Morgan fingerprint density at radius 2 is 1.85 bits per heavy atom. The zero-order chi connectivity index (χ0) is 18.6. The van der Waals surface area contributed by atoms with Gasteiger partial charge in [0.25, 0.3) is 0 Å². The van der Waals surface area contributed by atoms with Gasteiger partial charge in [-0.2, -0.15) is 0 Å². The van der Waals surface area contributed by atoms with Gasteiger partial charge in [0.05, 0.1) is 0 Å². The van der Waals surface area contributed by atoms with Crippen molar-refractivity contribution in [3.05, 3.63) is 52.9 Å². The van der Waals surface area contributed by atoms with Gasteiger partial charge < -0.3 is 4.74 Å². The molecule has 2 heterocycles. The van der Waals surface area contributed by atoms with Crippen molar-refractivity contribution in [2.45, 2.75) is 57.8 Å². The van der Waals surface area contributed by atoms with Gasteiger partial charge in [0.2, 0.25) is 5.65 Å². The minimum atomic E-state index is 0.181. The van der Waals surface area contributed by atoms with Gasteiger partial charge in [0, 0.05) is 22.2 Å². The van der Waals surface area contributed by atoms with Crippen LogP contribution in [0.1, 0.15) is 56.8 Å². The monoisotopic (exact) mass is 381 g/mol. The molecule has 5 heteroatoms. The van der Waals surface area contributed by atoms with E-state index in [9.17, 15) is 0 Å². The number of halogens is 1. The predicted octanol–water partition coefficient (Wildman–Crippen LogP) is 6.10. The van der Waals surface area contributed by atoms with E-state index < -0.39 is 0 Å². The van der Waals surface area contributed by atoms with Crippen LogP contribution in [0.5, 0.6) is 11.5 Å². The summed E-state index contributed by atoms with van der Waals surface area (Å²) in [6, 6.07) is 9.68. The van der Waals surface area contributed by atoms with Crippen LogP contribution in [0.4, 0.5) is 0 Å². The van der Waals surface area contributed by atoms with E-state index in [1.807, 2.05) is 37.3 Å². The predicted molar refractivity (Wildman–Crippen MR) is 107 cm³/mol. The minimum Gasteiger partial charge on any atom is -0.453 e. The molecule has 2 aliphatic carbocycles. The summed E-state index contributed by atoms with van der Waals surface area (Å²) in [4.78, 5) is 0. The van der Waals surface area contributed by atoms with Crippen molar-refractivity contribution in [3.63, 3.8) is 0 Å². The highest BCUT2D eigenvalue weighted by Crippen LogP contribution is 2.63. The molecule has 5 rings (SSSR count). The van der Waals surface area contributed by atoms with Gasteiger partial charge in [-0.1, -0.05) is 31.0 Å². The lowest BCUT2D eigenvalue weighted by Crippen LogP contribution is -2.23. The second kappa shape index (κ2) is 5.96. The normalized spacial score (nSPS) is 26.8. The first kappa shape index (κ1) is 17.1. The van der Waals surface area contributed by atoms with E-state index >= 15 is 0 Å². The first-order chi connectivity index (χ1) is 13.1. The first-order valence-electron chi connectivity index (χ1n) is 9.83. The number of fused-ring (bicyclic) bond motifs is 3. The topological polar surface area (TPSA) is 39.4 Å². The van der Waals surface area contributed by atoms with Crippen molar-refractivity contribution in [2.75, 3.05) is 0 Å². The smallest absolute Gasteiger partial charge is 0.203 e. The van der Waals surface area contributed by atoms with Crippen molar-refractivity contribution in [1.29, 1.82) is 0 Å². The largest absolute Gasteiger partial charge is 0.453 e. The van der Waals surface area contributed by atoms with Gasteiger partial charge in [-0.3, -0.25) is 4.40 Å². The molecular weight excluding hydrogens is 358 g/mol. The van der Waals surface area contributed by atoms with Gasteiger partial charge in [-0.05, 0) is 68.7 Å². The molecule has 140 valence electrons. The zero-order valence-corrected chi connectivity index (χ0v) is 16.6. The molecule has 2 aromatic heterocycles. The second-order valence-corrected chi connectivity index (χ2v) is 8.77. The lowest BCUT2D eigenvalue weighted by Gasteiger charge is -2.26. The van der Waals surface area contributed by atoms with Crippen molar-refractivity contribution in [2.24, 2.45) is 5.41 Å². The number of hydrogen-bond acceptors (Lipinski definition) is 3. The molecule has 2 fully saturated rings. The molecule has 4 nitrogen and oxygen atoms in total. The molecule has 0 spiro atoms. The number of nitrogens with zero attached hydrogens (tertiary/aromatic N) is 3. The van der Waals surface area contributed by atoms with Crippen LogP contribution in [-0.2, 0) is 5.41 Å². The maximum Gasteiger partial charge on any atom is 0.203 e. The molecular formula is C22H24ClN3O. The standard InChI is InChI=1S/C22H24ClN3O/c1-3-21-9-11-22(14-21,12-10-21)20-25-24-19-18(8-5-13-26(19)20)27-17-7-4-6-16(23)15(17)2/h4-8,13H,3,9-12,14H2,1-2H3. The molecule has 0 aliphatic heterocycles. The summed E-state index contributed by atoms with van der Waals surface area (Å²) in [7, 11) is 0. The molecule has 1 aromatic carbocycles. The number of aromatic nitrogens is 3. The lowest BCUT2D eigenvalue weighted by atomic mass is 9.80. The average Bonchev–Trinajstić information content (AvgIpc) is 3.38. The van der Waals surface area contributed by atoms with Crippen molar-refractivity contribution < 1.29 is 4.74 Å². The van der Waals surface area contributed by atoms with Crippen LogP contribution in [0.25, 0.3) is 5.65 Å². The maximum atomic E-state index is 6.24. The first-order valence-corrected chi connectivity index (χ1v) is 10.2. The van der Waals surface area contributed by atoms with E-state index in [0.29, 0.717) is 10.4 Å². The Bertz CT molecular complexity index is 1020. The number of pyridine rings is 1. The summed E-state index contributed by atoms with van der Waals surface area (Å²) in [5.41, 5.74) is 2.42. The Kier molecular flexibility index (Phi) is 3.77. The van der Waals surface area contributed by atoms with E-state index in [2.05, 4.69) is 27.7 Å². The summed E-state index contributed by atoms with van der Waals surface area (Å²) in [5.74, 6) is 2.58. The Balaban J connectivity index is 1.56. The van der Waals surface area contributed by atoms with E-state index in [0.717, 1.165) is 28.5 Å². The molecule has 2 aliphatic rings. The fourth-order valence-electron chi connectivity index (χ4n) is 5.26. The molecule has 0 N–H and O–H groups in total. The third-order valence-corrected chi connectivity index (χ3v) is 7.45. The summed E-state index contributed by atoms with van der Waals surface area (Å²) in [5, 5.41) is 9.89. The Hall–Kier alpha value is -2.07.